The van der Waals surface area contributed by atoms with Crippen LogP contribution in [-0.4, -0.2) is 20.9 Å². The predicted octanol–water partition coefficient (Wildman–Crippen LogP) is 5.06. The second kappa shape index (κ2) is 8.33. The van der Waals surface area contributed by atoms with Gasteiger partial charge in [0.15, 0.2) is 0 Å². The van der Waals surface area contributed by atoms with Crippen LogP contribution in [0.3, 0.4) is 0 Å². The van der Waals surface area contributed by atoms with Crippen LogP contribution >= 0.6 is 0 Å². The van der Waals surface area contributed by atoms with Crippen molar-refractivity contribution < 1.29 is 4.79 Å². The zero-order valence-corrected chi connectivity index (χ0v) is 16.6. The first-order valence-corrected chi connectivity index (χ1v) is 9.73. The number of aromatic nitrogens is 3. The summed E-state index contributed by atoms with van der Waals surface area (Å²) >= 11 is 0. The Morgan fingerprint density at radius 2 is 1.78 bits per heavy atom. The second-order valence-electron chi connectivity index (χ2n) is 7.56. The number of carbonyl (C=O) groups is 1. The fraction of sp³-hybridized carbons (Fsp3) is 0.409. The highest BCUT2D eigenvalue weighted by Gasteiger charge is 2.11. The van der Waals surface area contributed by atoms with E-state index in [-0.39, 0.29) is 5.91 Å². The van der Waals surface area contributed by atoms with Crippen LogP contribution < -0.4 is 5.32 Å². The molecule has 1 heterocycles. The van der Waals surface area contributed by atoms with Gasteiger partial charge < -0.3 is 5.32 Å². The molecule has 1 aromatic heterocycles. The monoisotopic (exact) mass is 364 g/mol. The average molecular weight is 364 g/mol. The molecule has 5 nitrogen and oxygen atoms in total. The first kappa shape index (κ1) is 19.1. The molecule has 0 spiro atoms. The van der Waals surface area contributed by atoms with E-state index in [1.165, 1.54) is 18.4 Å². The van der Waals surface area contributed by atoms with E-state index >= 15 is 0 Å². The number of hydrogen-bond donors (Lipinski definition) is 1. The second-order valence-corrected chi connectivity index (χ2v) is 7.56. The van der Waals surface area contributed by atoms with Gasteiger partial charge in [-0.15, -0.1) is 10.2 Å². The van der Waals surface area contributed by atoms with E-state index in [9.17, 15) is 4.79 Å². The molecule has 0 fully saturated rings. The standard InChI is InChI=1S/C22H28N4O/c1-5-6-7-17-8-10-18(11-9-17)26-24-20-13-16(4)19(14-21(20)25-26)23-22(27)12-15(2)3/h8-11,13-15H,5-7,12H2,1-4H3,(H,23,27). The van der Waals surface area contributed by atoms with Gasteiger partial charge >= 0.3 is 0 Å². The van der Waals surface area contributed by atoms with Crippen LogP contribution in [0.1, 0.15) is 51.2 Å². The zero-order chi connectivity index (χ0) is 19.4. The molecule has 1 amide bonds. The SMILES string of the molecule is CCCCc1ccc(-n2nc3cc(C)c(NC(=O)CC(C)C)cc3n2)cc1. The van der Waals surface area contributed by atoms with Gasteiger partial charge in [-0.3, -0.25) is 4.79 Å². The van der Waals surface area contributed by atoms with Gasteiger partial charge in [-0.1, -0.05) is 39.3 Å². The largest absolute Gasteiger partial charge is 0.326 e. The van der Waals surface area contributed by atoms with Crippen molar-refractivity contribution in [1.29, 1.82) is 0 Å². The van der Waals surface area contributed by atoms with Crippen LogP contribution in [0.4, 0.5) is 5.69 Å². The Bertz CT molecular complexity index is 925. The number of fused-ring (bicyclic) bond motifs is 1. The maximum atomic E-state index is 12.1. The van der Waals surface area contributed by atoms with Crippen molar-refractivity contribution in [1.82, 2.24) is 15.0 Å². The fourth-order valence-corrected chi connectivity index (χ4v) is 3.07. The number of unbranched alkanes of at least 4 members (excludes halogenated alkanes) is 1. The van der Waals surface area contributed by atoms with Gasteiger partial charge in [0.25, 0.3) is 0 Å². The minimum absolute atomic E-state index is 0.0301. The average Bonchev–Trinajstić information content (AvgIpc) is 3.02. The first-order chi connectivity index (χ1) is 13.0. The summed E-state index contributed by atoms with van der Waals surface area (Å²) in [5.74, 6) is 0.359. The Morgan fingerprint density at radius 1 is 1.11 bits per heavy atom. The molecule has 142 valence electrons. The summed E-state index contributed by atoms with van der Waals surface area (Å²) in [4.78, 5) is 13.8. The number of carbonyl (C=O) groups excluding carboxylic acids is 1. The van der Waals surface area contributed by atoms with E-state index < -0.39 is 0 Å². The molecule has 0 bridgehead atoms. The molecule has 2 aromatic carbocycles. The number of aryl methyl sites for hydroxylation is 2. The minimum Gasteiger partial charge on any atom is -0.326 e. The maximum absolute atomic E-state index is 12.1. The van der Waals surface area contributed by atoms with Crippen molar-refractivity contribution in [3.63, 3.8) is 0 Å². The Kier molecular flexibility index (Phi) is 5.89. The highest BCUT2D eigenvalue weighted by atomic mass is 16.1. The normalized spacial score (nSPS) is 11.3. The predicted molar refractivity (Wildman–Crippen MR) is 110 cm³/mol. The third kappa shape index (κ3) is 4.73. The summed E-state index contributed by atoms with van der Waals surface area (Å²) in [6, 6.07) is 12.3. The summed E-state index contributed by atoms with van der Waals surface area (Å²) in [7, 11) is 0. The third-order valence-corrected chi connectivity index (χ3v) is 4.58. The molecule has 0 unspecified atom stereocenters. The van der Waals surface area contributed by atoms with Crippen LogP contribution in [0.25, 0.3) is 16.7 Å². The molecule has 0 atom stereocenters. The summed E-state index contributed by atoms with van der Waals surface area (Å²) in [6.45, 7) is 8.25. The van der Waals surface area contributed by atoms with Crippen molar-refractivity contribution in [2.75, 3.05) is 5.32 Å². The number of amides is 1. The van der Waals surface area contributed by atoms with Crippen LogP contribution in [0.5, 0.6) is 0 Å². The quantitative estimate of drug-likeness (QED) is 0.638. The molecule has 0 saturated heterocycles. The number of nitrogens with one attached hydrogen (secondary N) is 1. The van der Waals surface area contributed by atoms with Crippen LogP contribution in [0, 0.1) is 12.8 Å². The Balaban J connectivity index is 1.83. The number of rotatable bonds is 7. The highest BCUT2D eigenvalue weighted by Crippen LogP contribution is 2.23. The molecule has 0 radical (unpaired) electrons. The summed E-state index contributed by atoms with van der Waals surface area (Å²) in [5, 5.41) is 12.2. The van der Waals surface area contributed by atoms with Crippen LogP contribution in [-0.2, 0) is 11.2 Å². The van der Waals surface area contributed by atoms with E-state index in [1.54, 1.807) is 4.80 Å². The van der Waals surface area contributed by atoms with Gasteiger partial charge in [0, 0.05) is 12.1 Å². The lowest BCUT2D eigenvalue weighted by atomic mass is 10.1. The summed E-state index contributed by atoms with van der Waals surface area (Å²) in [5.41, 5.74) is 5.66. The minimum atomic E-state index is 0.0301. The first-order valence-electron chi connectivity index (χ1n) is 9.73. The Morgan fingerprint density at radius 3 is 2.41 bits per heavy atom. The van der Waals surface area contributed by atoms with E-state index in [4.69, 9.17) is 0 Å². The molecule has 0 aliphatic carbocycles. The van der Waals surface area contributed by atoms with Gasteiger partial charge in [-0.05, 0) is 61.1 Å². The lowest BCUT2D eigenvalue weighted by molar-refractivity contribution is -0.116. The van der Waals surface area contributed by atoms with Crippen molar-refractivity contribution in [3.05, 3.63) is 47.5 Å². The van der Waals surface area contributed by atoms with E-state index in [0.717, 1.165) is 34.4 Å². The fourth-order valence-electron chi connectivity index (χ4n) is 3.07. The highest BCUT2D eigenvalue weighted by molar-refractivity contribution is 5.94. The van der Waals surface area contributed by atoms with Crippen molar-refractivity contribution in [2.24, 2.45) is 5.92 Å². The van der Waals surface area contributed by atoms with Gasteiger partial charge in [0.2, 0.25) is 5.91 Å². The Labute approximate surface area is 160 Å². The lowest BCUT2D eigenvalue weighted by Gasteiger charge is -2.09. The number of nitrogens with zero attached hydrogens (tertiary/aromatic N) is 3. The molecule has 0 aliphatic rings. The van der Waals surface area contributed by atoms with Crippen LogP contribution in [0.15, 0.2) is 36.4 Å². The maximum Gasteiger partial charge on any atom is 0.224 e. The third-order valence-electron chi connectivity index (χ3n) is 4.58. The van der Waals surface area contributed by atoms with Gasteiger partial charge in [0.1, 0.15) is 11.0 Å². The molecular formula is C22H28N4O. The number of benzene rings is 2. The van der Waals surface area contributed by atoms with Crippen molar-refractivity contribution in [2.45, 2.75) is 53.4 Å². The molecule has 27 heavy (non-hydrogen) atoms. The molecule has 0 aliphatic heterocycles. The van der Waals surface area contributed by atoms with E-state index in [2.05, 4.69) is 46.7 Å². The molecule has 1 N–H and O–H groups in total. The molecular weight excluding hydrogens is 336 g/mol. The number of hydrogen-bond acceptors (Lipinski definition) is 3. The van der Waals surface area contributed by atoms with Gasteiger partial charge in [0.05, 0.1) is 5.69 Å². The van der Waals surface area contributed by atoms with E-state index in [1.807, 2.05) is 32.9 Å². The molecule has 3 rings (SSSR count). The smallest absolute Gasteiger partial charge is 0.224 e. The van der Waals surface area contributed by atoms with E-state index in [0.29, 0.717) is 12.3 Å². The van der Waals surface area contributed by atoms with Gasteiger partial charge in [-0.25, -0.2) is 0 Å². The molecule has 0 saturated carbocycles. The molecule has 3 aromatic rings. The van der Waals surface area contributed by atoms with Gasteiger partial charge in [-0.2, -0.15) is 4.80 Å². The Hall–Kier alpha value is -2.69. The van der Waals surface area contributed by atoms with Crippen molar-refractivity contribution >= 4 is 22.6 Å². The molecule has 5 heteroatoms. The number of anilines is 1. The zero-order valence-electron chi connectivity index (χ0n) is 16.6. The lowest BCUT2D eigenvalue weighted by Crippen LogP contribution is -2.14. The van der Waals surface area contributed by atoms with Crippen molar-refractivity contribution in [3.8, 4) is 5.69 Å². The summed E-state index contributed by atoms with van der Waals surface area (Å²) < 4.78 is 0. The summed E-state index contributed by atoms with van der Waals surface area (Å²) in [6.07, 6.45) is 4.01. The topological polar surface area (TPSA) is 59.8 Å². The van der Waals surface area contributed by atoms with Crippen LogP contribution in [0.2, 0.25) is 0 Å².